The van der Waals surface area contributed by atoms with E-state index in [0.29, 0.717) is 26.1 Å². The van der Waals surface area contributed by atoms with Crippen LogP contribution in [0.25, 0.3) is 0 Å². The van der Waals surface area contributed by atoms with Crippen molar-refractivity contribution in [2.24, 2.45) is 0 Å². The van der Waals surface area contributed by atoms with Crippen molar-refractivity contribution in [2.75, 3.05) is 36.0 Å². The summed E-state index contributed by atoms with van der Waals surface area (Å²) < 4.78 is 39.7. The predicted molar refractivity (Wildman–Crippen MR) is 86.6 cm³/mol. The van der Waals surface area contributed by atoms with E-state index in [0.717, 1.165) is 18.9 Å². The number of β-amino-alcohol motifs (C(OH)–C–C–N with tert-alkyl or cyclic N) is 1. The number of aliphatic hydroxyl groups excluding tert-OH is 1. The highest BCUT2D eigenvalue weighted by Gasteiger charge is 2.41. The van der Waals surface area contributed by atoms with Crippen LogP contribution in [0.5, 0.6) is 0 Å². The number of nitrogens with zero attached hydrogens (tertiary/aromatic N) is 4. The number of hydrogen-bond acceptors (Lipinski definition) is 6. The molecule has 3 heterocycles. The summed E-state index contributed by atoms with van der Waals surface area (Å²) in [6.07, 6.45) is -3.13. The number of aromatic nitrogens is 2. The van der Waals surface area contributed by atoms with Gasteiger partial charge in [0.1, 0.15) is 11.9 Å². The van der Waals surface area contributed by atoms with Gasteiger partial charge in [0, 0.05) is 32.2 Å². The van der Waals surface area contributed by atoms with Gasteiger partial charge in [0.2, 0.25) is 5.95 Å². The summed E-state index contributed by atoms with van der Waals surface area (Å²) in [5.74, 6) is 0.217. The van der Waals surface area contributed by atoms with E-state index in [4.69, 9.17) is 0 Å². The maximum absolute atomic E-state index is 13.2. The maximum atomic E-state index is 13.2. The van der Waals surface area contributed by atoms with Gasteiger partial charge in [-0.15, -0.1) is 0 Å². The monoisotopic (exact) mass is 360 g/mol. The third-order valence-electron chi connectivity index (χ3n) is 5.14. The lowest BCUT2D eigenvalue weighted by Gasteiger charge is -2.42. The summed E-state index contributed by atoms with van der Waals surface area (Å²) in [5, 5.41) is 20.5. The Bertz CT molecular complexity index is 622. The van der Waals surface area contributed by atoms with E-state index in [1.54, 1.807) is 16.7 Å². The number of piperidine rings is 1. The Kier molecular flexibility index (Phi) is 4.80. The predicted octanol–water partition coefficient (Wildman–Crippen LogP) is 1.81. The molecule has 2 fully saturated rings. The molecule has 2 atom stereocenters. The standard InChI is InChI=1S/C16H23F3N4O2/c1-2-15(25)5-8-23(10-12(15)24)13-9-11(16(17,18)19)20-14(21-13)22-6-3-4-7-22/h9,12,24-25H,2-8,10H2,1H3/t12-,15-/m1/s1. The zero-order valence-electron chi connectivity index (χ0n) is 14.1. The largest absolute Gasteiger partial charge is 0.433 e. The third kappa shape index (κ3) is 3.67. The molecular weight excluding hydrogens is 337 g/mol. The molecule has 140 valence electrons. The fourth-order valence-electron chi connectivity index (χ4n) is 3.37. The van der Waals surface area contributed by atoms with Gasteiger partial charge in [-0.05, 0) is 25.7 Å². The number of halogens is 3. The van der Waals surface area contributed by atoms with Crippen LogP contribution in [0.2, 0.25) is 0 Å². The smallest absolute Gasteiger partial charge is 0.388 e. The molecule has 25 heavy (non-hydrogen) atoms. The van der Waals surface area contributed by atoms with E-state index in [9.17, 15) is 23.4 Å². The van der Waals surface area contributed by atoms with Crippen molar-refractivity contribution in [3.63, 3.8) is 0 Å². The van der Waals surface area contributed by atoms with Gasteiger partial charge in [-0.25, -0.2) is 4.98 Å². The van der Waals surface area contributed by atoms with Crippen molar-refractivity contribution in [1.82, 2.24) is 9.97 Å². The van der Waals surface area contributed by atoms with Gasteiger partial charge in [0.15, 0.2) is 5.69 Å². The van der Waals surface area contributed by atoms with Crippen molar-refractivity contribution < 1.29 is 23.4 Å². The lowest BCUT2D eigenvalue weighted by atomic mass is 9.86. The molecule has 9 heteroatoms. The van der Waals surface area contributed by atoms with Gasteiger partial charge >= 0.3 is 6.18 Å². The fourth-order valence-corrected chi connectivity index (χ4v) is 3.37. The molecule has 2 N–H and O–H groups in total. The van der Waals surface area contributed by atoms with Crippen LogP contribution in [0, 0.1) is 0 Å². The minimum atomic E-state index is -4.56. The quantitative estimate of drug-likeness (QED) is 0.857. The van der Waals surface area contributed by atoms with E-state index >= 15 is 0 Å². The highest BCUT2D eigenvalue weighted by molar-refractivity contribution is 5.48. The number of hydrogen-bond donors (Lipinski definition) is 2. The summed E-state index contributed by atoms with van der Waals surface area (Å²) in [6, 6.07) is 0.919. The molecule has 0 aliphatic carbocycles. The van der Waals surface area contributed by atoms with Gasteiger partial charge < -0.3 is 20.0 Å². The summed E-state index contributed by atoms with van der Waals surface area (Å²) in [5.41, 5.74) is -2.18. The molecule has 0 spiro atoms. The van der Waals surface area contributed by atoms with Gasteiger partial charge in [-0.2, -0.15) is 18.2 Å². The molecular formula is C16H23F3N4O2. The third-order valence-corrected chi connectivity index (χ3v) is 5.14. The van der Waals surface area contributed by atoms with Crippen molar-refractivity contribution in [3.8, 4) is 0 Å². The summed E-state index contributed by atoms with van der Waals surface area (Å²) in [6.45, 7) is 3.42. The van der Waals surface area contributed by atoms with Gasteiger partial charge in [-0.3, -0.25) is 0 Å². The molecule has 0 radical (unpaired) electrons. The summed E-state index contributed by atoms with van der Waals surface area (Å²) >= 11 is 0. The first-order valence-electron chi connectivity index (χ1n) is 8.59. The zero-order valence-corrected chi connectivity index (χ0v) is 14.1. The van der Waals surface area contributed by atoms with Crippen LogP contribution in [0.3, 0.4) is 0 Å². The number of alkyl halides is 3. The molecule has 0 unspecified atom stereocenters. The van der Waals surface area contributed by atoms with E-state index in [2.05, 4.69) is 9.97 Å². The molecule has 6 nitrogen and oxygen atoms in total. The molecule has 0 saturated carbocycles. The van der Waals surface area contributed by atoms with Crippen LogP contribution in [-0.4, -0.2) is 58.1 Å². The summed E-state index contributed by atoms with van der Waals surface area (Å²) in [7, 11) is 0. The molecule has 2 saturated heterocycles. The first-order valence-corrected chi connectivity index (χ1v) is 8.59. The topological polar surface area (TPSA) is 72.7 Å². The minimum absolute atomic E-state index is 0.0398. The molecule has 0 aromatic carbocycles. The zero-order chi connectivity index (χ0) is 18.2. The second kappa shape index (κ2) is 6.60. The Labute approximate surface area is 144 Å². The van der Waals surface area contributed by atoms with Crippen LogP contribution in [0.1, 0.15) is 38.3 Å². The number of aliphatic hydroxyl groups is 2. The van der Waals surface area contributed by atoms with Crippen LogP contribution >= 0.6 is 0 Å². The lowest BCUT2D eigenvalue weighted by Crippen LogP contribution is -2.55. The maximum Gasteiger partial charge on any atom is 0.433 e. The SMILES string of the molecule is CC[C@@]1(O)CCN(c2cc(C(F)(F)F)nc(N3CCCC3)n2)C[C@H]1O. The summed E-state index contributed by atoms with van der Waals surface area (Å²) in [4.78, 5) is 11.3. The first kappa shape index (κ1) is 18.2. The second-order valence-corrected chi connectivity index (χ2v) is 6.77. The lowest BCUT2D eigenvalue weighted by molar-refractivity contribution is -0.141. The first-order chi connectivity index (χ1) is 11.7. The molecule has 1 aromatic heterocycles. The minimum Gasteiger partial charge on any atom is -0.388 e. The second-order valence-electron chi connectivity index (χ2n) is 6.77. The molecule has 1 aromatic rings. The van der Waals surface area contributed by atoms with Crippen molar-refractivity contribution in [1.29, 1.82) is 0 Å². The van der Waals surface area contributed by atoms with Crippen molar-refractivity contribution in [3.05, 3.63) is 11.8 Å². The van der Waals surface area contributed by atoms with Gasteiger partial charge in [0.25, 0.3) is 0 Å². The van der Waals surface area contributed by atoms with Crippen LogP contribution in [0.4, 0.5) is 24.9 Å². The van der Waals surface area contributed by atoms with Crippen LogP contribution < -0.4 is 9.80 Å². The number of rotatable bonds is 3. The Balaban J connectivity index is 1.91. The van der Waals surface area contributed by atoms with Crippen molar-refractivity contribution >= 4 is 11.8 Å². The van der Waals surface area contributed by atoms with Gasteiger partial charge in [0.05, 0.1) is 5.60 Å². The average Bonchev–Trinajstić information content (AvgIpc) is 3.11. The van der Waals surface area contributed by atoms with E-state index in [1.165, 1.54) is 0 Å². The van der Waals surface area contributed by atoms with Crippen LogP contribution in [-0.2, 0) is 6.18 Å². The van der Waals surface area contributed by atoms with E-state index in [-0.39, 0.29) is 24.7 Å². The Morgan fingerprint density at radius 1 is 1.20 bits per heavy atom. The molecule has 0 amide bonds. The van der Waals surface area contributed by atoms with Crippen LogP contribution in [0.15, 0.2) is 6.07 Å². The number of anilines is 2. The highest BCUT2D eigenvalue weighted by atomic mass is 19.4. The highest BCUT2D eigenvalue weighted by Crippen LogP contribution is 2.34. The molecule has 2 aliphatic heterocycles. The molecule has 2 aliphatic rings. The Morgan fingerprint density at radius 2 is 1.88 bits per heavy atom. The molecule has 0 bridgehead atoms. The average molecular weight is 360 g/mol. The van der Waals surface area contributed by atoms with E-state index < -0.39 is 23.6 Å². The van der Waals surface area contributed by atoms with Crippen molar-refractivity contribution in [2.45, 2.75) is 50.5 Å². The Hall–Kier alpha value is -1.61. The fraction of sp³-hybridized carbons (Fsp3) is 0.750. The molecule has 3 rings (SSSR count). The van der Waals surface area contributed by atoms with Gasteiger partial charge in [-0.1, -0.05) is 6.92 Å². The Morgan fingerprint density at radius 3 is 2.44 bits per heavy atom. The van der Waals surface area contributed by atoms with E-state index in [1.807, 2.05) is 0 Å². The normalized spacial score (nSPS) is 27.8.